The van der Waals surface area contributed by atoms with E-state index in [4.69, 9.17) is 10.1 Å². The molecule has 4 heteroatoms. The lowest BCUT2D eigenvalue weighted by atomic mass is 10.3. The summed E-state index contributed by atoms with van der Waals surface area (Å²) in [5.74, 6) is 0.972. The van der Waals surface area contributed by atoms with Crippen LogP contribution in [-0.2, 0) is 7.05 Å². The quantitative estimate of drug-likeness (QED) is 0.880. The average molecular weight is 247 g/mol. The van der Waals surface area contributed by atoms with Gasteiger partial charge >= 0.3 is 0 Å². The molecule has 0 aliphatic rings. The van der Waals surface area contributed by atoms with Gasteiger partial charge < -0.3 is 14.6 Å². The average Bonchev–Trinajstić information content (AvgIpc) is 2.68. The molecule has 0 unspecified atom stereocenters. The number of anilines is 1. The van der Waals surface area contributed by atoms with Gasteiger partial charge in [0.05, 0.1) is 11.0 Å². The van der Waals surface area contributed by atoms with Crippen molar-refractivity contribution in [1.29, 1.82) is 0 Å². The van der Waals surface area contributed by atoms with Crippen molar-refractivity contribution in [2.45, 2.75) is 26.3 Å². The third kappa shape index (κ3) is 2.34. The molecule has 0 atom stereocenters. The normalized spacial score (nSPS) is 11.4. The molecule has 0 amide bonds. The molecular formula is C14H21N3O. The number of aliphatic hydroxyl groups is 1. The van der Waals surface area contributed by atoms with E-state index >= 15 is 0 Å². The fraction of sp³-hybridized carbons (Fsp3) is 0.500. The number of hydrogen-bond acceptors (Lipinski definition) is 3. The van der Waals surface area contributed by atoms with Crippen molar-refractivity contribution in [2.75, 3.05) is 18.1 Å². The predicted octanol–water partition coefficient (Wildman–Crippen LogP) is 2.17. The van der Waals surface area contributed by atoms with E-state index in [1.54, 1.807) is 0 Å². The predicted molar refractivity (Wildman–Crippen MR) is 74.9 cm³/mol. The molecule has 18 heavy (non-hydrogen) atoms. The highest BCUT2D eigenvalue weighted by molar-refractivity contribution is 5.78. The highest BCUT2D eigenvalue weighted by atomic mass is 16.3. The second-order valence-electron chi connectivity index (χ2n) is 4.82. The van der Waals surface area contributed by atoms with Crippen LogP contribution >= 0.6 is 0 Å². The maximum absolute atomic E-state index is 9.00. The largest absolute Gasteiger partial charge is 0.396 e. The van der Waals surface area contributed by atoms with Crippen molar-refractivity contribution in [3.8, 4) is 0 Å². The summed E-state index contributed by atoms with van der Waals surface area (Å²) in [4.78, 5) is 6.93. The first-order valence-electron chi connectivity index (χ1n) is 6.44. The Hall–Kier alpha value is -1.55. The van der Waals surface area contributed by atoms with Crippen LogP contribution < -0.4 is 4.90 Å². The summed E-state index contributed by atoms with van der Waals surface area (Å²) >= 11 is 0. The zero-order valence-corrected chi connectivity index (χ0v) is 11.3. The first-order chi connectivity index (χ1) is 8.65. The number of aromatic nitrogens is 2. The number of imidazole rings is 1. The molecule has 0 spiro atoms. The maximum Gasteiger partial charge on any atom is 0.206 e. The molecule has 4 nitrogen and oxygen atoms in total. The van der Waals surface area contributed by atoms with E-state index in [1.165, 1.54) is 0 Å². The smallest absolute Gasteiger partial charge is 0.206 e. The molecule has 1 heterocycles. The third-order valence-electron chi connectivity index (χ3n) is 3.20. The molecule has 0 saturated heterocycles. The summed E-state index contributed by atoms with van der Waals surface area (Å²) in [6.45, 7) is 5.34. The van der Waals surface area contributed by atoms with Gasteiger partial charge in [-0.1, -0.05) is 12.1 Å². The first-order valence-corrected chi connectivity index (χ1v) is 6.44. The Labute approximate surface area is 108 Å². The molecular weight excluding hydrogens is 226 g/mol. The second-order valence-corrected chi connectivity index (χ2v) is 4.82. The topological polar surface area (TPSA) is 41.3 Å². The van der Waals surface area contributed by atoms with Crippen molar-refractivity contribution in [1.82, 2.24) is 9.55 Å². The Morgan fingerprint density at radius 2 is 2.06 bits per heavy atom. The number of para-hydroxylation sites is 2. The van der Waals surface area contributed by atoms with Gasteiger partial charge in [0.2, 0.25) is 5.95 Å². The maximum atomic E-state index is 9.00. The minimum absolute atomic E-state index is 0.215. The lowest BCUT2D eigenvalue weighted by molar-refractivity contribution is 0.288. The van der Waals surface area contributed by atoms with Crippen LogP contribution in [0.15, 0.2) is 24.3 Å². The Kier molecular flexibility index (Phi) is 3.87. The lowest BCUT2D eigenvalue weighted by Crippen LogP contribution is -2.34. The van der Waals surface area contributed by atoms with E-state index in [2.05, 4.69) is 29.4 Å². The van der Waals surface area contributed by atoms with Crippen LogP contribution in [0.25, 0.3) is 11.0 Å². The van der Waals surface area contributed by atoms with Gasteiger partial charge in [-0.05, 0) is 32.4 Å². The van der Waals surface area contributed by atoms with Crippen molar-refractivity contribution >= 4 is 17.0 Å². The molecule has 0 fully saturated rings. The zero-order valence-electron chi connectivity index (χ0n) is 11.3. The van der Waals surface area contributed by atoms with Crippen molar-refractivity contribution < 1.29 is 5.11 Å². The summed E-state index contributed by atoms with van der Waals surface area (Å²) in [5.41, 5.74) is 2.16. The van der Waals surface area contributed by atoms with E-state index in [1.807, 2.05) is 25.2 Å². The molecule has 0 radical (unpaired) electrons. The SMILES string of the molecule is CC(C)N(CCCO)c1nc2ccccc2n1C. The summed E-state index contributed by atoms with van der Waals surface area (Å²) in [5, 5.41) is 9.00. The monoisotopic (exact) mass is 247 g/mol. The van der Waals surface area contributed by atoms with Crippen LogP contribution in [0.2, 0.25) is 0 Å². The van der Waals surface area contributed by atoms with E-state index in [9.17, 15) is 0 Å². The van der Waals surface area contributed by atoms with Crippen LogP contribution in [-0.4, -0.2) is 33.9 Å². The molecule has 1 aromatic heterocycles. The number of fused-ring (bicyclic) bond motifs is 1. The number of benzene rings is 1. The zero-order chi connectivity index (χ0) is 13.1. The Morgan fingerprint density at radius 3 is 2.67 bits per heavy atom. The van der Waals surface area contributed by atoms with Gasteiger partial charge in [-0.2, -0.15) is 0 Å². The van der Waals surface area contributed by atoms with E-state index in [0.717, 1.165) is 29.9 Å². The van der Waals surface area contributed by atoms with E-state index < -0.39 is 0 Å². The van der Waals surface area contributed by atoms with Crippen LogP contribution in [0.5, 0.6) is 0 Å². The Balaban J connectivity index is 2.40. The van der Waals surface area contributed by atoms with Crippen LogP contribution in [0.1, 0.15) is 20.3 Å². The number of rotatable bonds is 5. The number of hydrogen-bond donors (Lipinski definition) is 1. The van der Waals surface area contributed by atoms with Gasteiger partial charge in [-0.3, -0.25) is 0 Å². The summed E-state index contributed by atoms with van der Waals surface area (Å²) in [6, 6.07) is 8.51. The molecule has 0 aliphatic carbocycles. The first kappa shape index (κ1) is 12.9. The molecule has 2 aromatic rings. The molecule has 1 aromatic carbocycles. The van der Waals surface area contributed by atoms with Gasteiger partial charge in [0.25, 0.3) is 0 Å². The van der Waals surface area contributed by atoms with Crippen molar-refractivity contribution in [3.63, 3.8) is 0 Å². The summed E-state index contributed by atoms with van der Waals surface area (Å²) in [7, 11) is 2.04. The van der Waals surface area contributed by atoms with Crippen molar-refractivity contribution in [2.24, 2.45) is 7.05 Å². The molecule has 98 valence electrons. The highest BCUT2D eigenvalue weighted by Gasteiger charge is 2.16. The molecule has 0 saturated carbocycles. The summed E-state index contributed by atoms with van der Waals surface area (Å²) in [6.07, 6.45) is 0.765. The highest BCUT2D eigenvalue weighted by Crippen LogP contribution is 2.22. The van der Waals surface area contributed by atoms with Gasteiger partial charge in [0.1, 0.15) is 0 Å². The van der Waals surface area contributed by atoms with E-state index in [-0.39, 0.29) is 6.61 Å². The molecule has 1 N–H and O–H groups in total. The lowest BCUT2D eigenvalue weighted by Gasteiger charge is -2.27. The Bertz CT molecular complexity index is 519. The number of nitrogens with zero attached hydrogens (tertiary/aromatic N) is 3. The number of aryl methyl sites for hydroxylation is 1. The number of aliphatic hydroxyl groups excluding tert-OH is 1. The van der Waals surface area contributed by atoms with Gasteiger partial charge in [0, 0.05) is 26.2 Å². The van der Waals surface area contributed by atoms with Crippen LogP contribution in [0.3, 0.4) is 0 Å². The van der Waals surface area contributed by atoms with E-state index in [0.29, 0.717) is 6.04 Å². The van der Waals surface area contributed by atoms with Gasteiger partial charge in [0.15, 0.2) is 0 Å². The minimum Gasteiger partial charge on any atom is -0.396 e. The fourth-order valence-corrected chi connectivity index (χ4v) is 2.22. The second kappa shape index (κ2) is 5.40. The Morgan fingerprint density at radius 1 is 1.33 bits per heavy atom. The standard InChI is InChI=1S/C14H21N3O/c1-11(2)17(9-6-10-18)14-15-12-7-4-5-8-13(12)16(14)3/h4-5,7-8,11,18H,6,9-10H2,1-3H3. The van der Waals surface area contributed by atoms with Crippen LogP contribution in [0.4, 0.5) is 5.95 Å². The minimum atomic E-state index is 0.215. The fourth-order valence-electron chi connectivity index (χ4n) is 2.22. The summed E-state index contributed by atoms with van der Waals surface area (Å²) < 4.78 is 2.12. The molecule has 0 bridgehead atoms. The van der Waals surface area contributed by atoms with Gasteiger partial charge in [-0.25, -0.2) is 4.98 Å². The molecule has 2 rings (SSSR count). The van der Waals surface area contributed by atoms with Crippen LogP contribution in [0, 0.1) is 0 Å². The molecule has 0 aliphatic heterocycles. The third-order valence-corrected chi connectivity index (χ3v) is 3.20. The van der Waals surface area contributed by atoms with Crippen molar-refractivity contribution in [3.05, 3.63) is 24.3 Å². The van der Waals surface area contributed by atoms with Gasteiger partial charge in [-0.15, -0.1) is 0 Å².